The highest BCUT2D eigenvalue weighted by atomic mass is 19.1. The molecule has 2 aromatic carbocycles. The van der Waals surface area contributed by atoms with Crippen molar-refractivity contribution < 1.29 is 72.0 Å². The summed E-state index contributed by atoms with van der Waals surface area (Å²) in [6.07, 6.45) is 5.02. The summed E-state index contributed by atoms with van der Waals surface area (Å²) in [6.45, 7) is -0.278. The van der Waals surface area contributed by atoms with Gasteiger partial charge in [-0.2, -0.15) is 0 Å². The summed E-state index contributed by atoms with van der Waals surface area (Å²) < 4.78 is 28.3. The topological polar surface area (TPSA) is 352 Å². The lowest BCUT2D eigenvalue weighted by molar-refractivity contribution is -0.172. The van der Waals surface area contributed by atoms with Crippen molar-refractivity contribution in [3.05, 3.63) is 110 Å². The predicted molar refractivity (Wildman–Crippen MR) is 285 cm³/mol. The van der Waals surface area contributed by atoms with E-state index in [1.165, 1.54) is 10.6 Å². The third kappa shape index (κ3) is 11.7. The Kier molecular flexibility index (Phi) is 17.1. The minimum Gasteiger partial charge on any atom is -0.480 e. The third-order valence-corrected chi connectivity index (χ3v) is 15.8. The van der Waals surface area contributed by atoms with Gasteiger partial charge in [-0.1, -0.05) is 50.1 Å². The molecule has 432 valence electrons. The van der Waals surface area contributed by atoms with Crippen molar-refractivity contribution in [2.75, 3.05) is 46.1 Å². The largest absolute Gasteiger partial charge is 0.480 e. The SMILES string of the molecule is CC[C@@]1(O)C(=O)OCc2c1cc1n(c2=O)Cc2c-1nc1cc(F)c(C)c3c1c2[C@@H](NC(=O)C1(COCNC(=O)CNC(=O)[C@H](Cc2ccccc2)NC(=O)CNC(=O)CNC(=O)[C@@H](CNCC(=O)O)N2C(=O)C=CC2=O)CCCC1)CC3. The Morgan fingerprint density at radius 3 is 2.24 bits per heavy atom. The molecule has 0 saturated heterocycles. The van der Waals surface area contributed by atoms with E-state index in [1.54, 1.807) is 50.2 Å². The number of ether oxygens (including phenoxy) is 2. The highest BCUT2D eigenvalue weighted by Gasteiger charge is 2.47. The van der Waals surface area contributed by atoms with Crippen LogP contribution in [0.4, 0.5) is 4.39 Å². The quantitative estimate of drug-likeness (QED) is 0.0169. The highest BCUT2D eigenvalue weighted by molar-refractivity contribution is 6.15. The number of hydrogen-bond donors (Lipinski definition) is 9. The van der Waals surface area contributed by atoms with Crippen LogP contribution in [-0.4, -0.2) is 142 Å². The van der Waals surface area contributed by atoms with E-state index in [4.69, 9.17) is 19.6 Å². The van der Waals surface area contributed by atoms with Crippen LogP contribution in [0.3, 0.4) is 0 Å². The first-order chi connectivity index (χ1) is 39.2. The maximum Gasteiger partial charge on any atom is 0.343 e. The number of benzene rings is 2. The van der Waals surface area contributed by atoms with Gasteiger partial charge >= 0.3 is 11.9 Å². The van der Waals surface area contributed by atoms with E-state index < -0.39 is 127 Å². The number of halogens is 1. The number of imide groups is 1. The first kappa shape index (κ1) is 57.9. The predicted octanol–water partition coefficient (Wildman–Crippen LogP) is -0.675. The number of amides is 8. The molecule has 82 heavy (non-hydrogen) atoms. The van der Waals surface area contributed by atoms with Crippen molar-refractivity contribution in [2.45, 2.75) is 102 Å². The second kappa shape index (κ2) is 24.1. The van der Waals surface area contributed by atoms with Crippen LogP contribution in [0.5, 0.6) is 0 Å². The summed E-state index contributed by atoms with van der Waals surface area (Å²) in [5, 5.41) is 39.0. The van der Waals surface area contributed by atoms with Gasteiger partial charge in [0.05, 0.1) is 73.3 Å². The molecule has 3 aliphatic heterocycles. The minimum atomic E-state index is -2.06. The van der Waals surface area contributed by atoms with Gasteiger partial charge < -0.3 is 61.5 Å². The lowest BCUT2D eigenvalue weighted by atomic mass is 9.80. The number of aromatic nitrogens is 2. The number of esters is 1. The van der Waals surface area contributed by atoms with Gasteiger partial charge in [-0.05, 0) is 67.3 Å². The van der Waals surface area contributed by atoms with Gasteiger partial charge in [0.2, 0.25) is 35.4 Å². The van der Waals surface area contributed by atoms with Crippen LogP contribution in [0, 0.1) is 18.2 Å². The van der Waals surface area contributed by atoms with Crippen LogP contribution in [0.15, 0.2) is 59.4 Å². The van der Waals surface area contributed by atoms with Gasteiger partial charge in [0.1, 0.15) is 31.2 Å². The first-order valence-corrected chi connectivity index (χ1v) is 26.8. The Labute approximate surface area is 467 Å². The molecule has 5 aliphatic rings. The van der Waals surface area contributed by atoms with Crippen molar-refractivity contribution in [2.24, 2.45) is 5.41 Å². The standard InChI is InChI=1S/C56H61FN10O15/c1-3-56(80)34-18-39-49-32(25-66(39)52(77)33(34)26-82-54(56)79)48-36(12-11-31-29(2)35(57)19-37(64-49)47(31)48)65-53(78)55(15-7-8-16-55)27-81-28-62-42(69)22-60-50(75)38(17-30-9-5-4-6-10-30)63-43(70)23-59-41(68)21-61-51(76)40(20-58-24-46(73)74)67-44(71)13-14-45(67)72/h4-6,9-10,13-14,18-19,36,38,40,58,80H,3,7-8,11-12,15-17,20-28H2,1-2H3,(H,59,68)(H,60,75)(H,61,76)(H,62,69)(H,63,70)(H,65,78)(H,73,74)/t36-,38-,40+,56-/m0/s1. The Bertz CT molecular complexity index is 3400. The van der Waals surface area contributed by atoms with E-state index in [2.05, 4.69) is 37.2 Å². The zero-order valence-corrected chi connectivity index (χ0v) is 44.9. The van der Waals surface area contributed by atoms with Crippen molar-refractivity contribution >= 4 is 70.1 Å². The maximum atomic E-state index is 15.6. The molecule has 0 radical (unpaired) electrons. The number of hydrogen-bond acceptors (Lipinski definition) is 16. The number of nitrogens with one attached hydrogen (secondary N) is 7. The molecule has 26 heteroatoms. The number of aliphatic hydroxyl groups is 1. The molecular weight excluding hydrogens is 1070 g/mol. The van der Waals surface area contributed by atoms with Crippen LogP contribution in [0.25, 0.3) is 22.3 Å². The van der Waals surface area contributed by atoms with Crippen LogP contribution >= 0.6 is 0 Å². The summed E-state index contributed by atoms with van der Waals surface area (Å²) in [4.78, 5) is 148. The van der Waals surface area contributed by atoms with Gasteiger partial charge in [-0.15, -0.1) is 0 Å². The fourth-order valence-electron chi connectivity index (χ4n) is 11.4. The smallest absolute Gasteiger partial charge is 0.343 e. The van der Waals surface area contributed by atoms with E-state index >= 15 is 4.39 Å². The number of fused-ring (bicyclic) bond motifs is 5. The molecule has 1 fully saturated rings. The summed E-state index contributed by atoms with van der Waals surface area (Å²) in [6, 6.07) is 8.22. The van der Waals surface area contributed by atoms with Crippen LogP contribution in [0.2, 0.25) is 0 Å². The van der Waals surface area contributed by atoms with Crippen molar-refractivity contribution in [3.63, 3.8) is 0 Å². The number of carbonyl (C=O) groups is 10. The second-order valence-corrected chi connectivity index (χ2v) is 20.9. The fourth-order valence-corrected chi connectivity index (χ4v) is 11.4. The number of aryl methyl sites for hydroxylation is 1. The van der Waals surface area contributed by atoms with Gasteiger partial charge in [0.25, 0.3) is 17.4 Å². The normalized spacial score (nSPS) is 18.9. The number of nitrogens with zero attached hydrogens (tertiary/aromatic N) is 3. The highest BCUT2D eigenvalue weighted by Crippen LogP contribution is 2.47. The number of cyclic esters (lactones) is 1. The summed E-state index contributed by atoms with van der Waals surface area (Å²) in [5.74, 6) is -8.55. The van der Waals surface area contributed by atoms with Crippen LogP contribution in [0.1, 0.15) is 90.4 Å². The van der Waals surface area contributed by atoms with Gasteiger partial charge in [0, 0.05) is 47.7 Å². The monoisotopic (exact) mass is 1130 g/mol. The molecule has 9 N–H and O–H groups in total. The number of aliphatic carboxylic acids is 1. The first-order valence-electron chi connectivity index (χ1n) is 26.8. The van der Waals surface area contributed by atoms with E-state index in [-0.39, 0.29) is 56.4 Å². The number of rotatable bonds is 23. The molecule has 8 amide bonds. The molecule has 0 unspecified atom stereocenters. The Morgan fingerprint density at radius 2 is 1.55 bits per heavy atom. The molecule has 4 atom stereocenters. The molecule has 1 saturated carbocycles. The van der Waals surface area contributed by atoms with Crippen molar-refractivity contribution in [1.82, 2.24) is 51.7 Å². The summed E-state index contributed by atoms with van der Waals surface area (Å²) in [7, 11) is 0. The number of carboxylic acid groups (broad SMARTS) is 1. The third-order valence-electron chi connectivity index (χ3n) is 15.8. The lowest BCUT2D eigenvalue weighted by Crippen LogP contribution is -2.56. The van der Waals surface area contributed by atoms with Crippen LogP contribution < -0.4 is 42.8 Å². The molecule has 25 nitrogen and oxygen atoms in total. The van der Waals surface area contributed by atoms with Crippen molar-refractivity contribution in [3.8, 4) is 11.4 Å². The lowest BCUT2D eigenvalue weighted by Gasteiger charge is -2.34. The van der Waals surface area contributed by atoms with E-state index in [0.29, 0.717) is 75.1 Å². The minimum absolute atomic E-state index is 0.0178. The Balaban J connectivity index is 0.797. The number of carboxylic acids is 1. The van der Waals surface area contributed by atoms with E-state index in [0.717, 1.165) is 30.6 Å². The average molecular weight is 1130 g/mol. The molecule has 0 bridgehead atoms. The summed E-state index contributed by atoms with van der Waals surface area (Å²) >= 11 is 0. The van der Waals surface area contributed by atoms with E-state index in [9.17, 15) is 57.8 Å². The van der Waals surface area contributed by atoms with E-state index in [1.807, 2.05) is 0 Å². The molecule has 4 aromatic rings. The Hall–Kier alpha value is -8.75. The fraction of sp³-hybridized carbons (Fsp3) is 0.429. The van der Waals surface area contributed by atoms with Gasteiger partial charge in [-0.3, -0.25) is 52.8 Å². The second-order valence-electron chi connectivity index (χ2n) is 20.9. The maximum absolute atomic E-state index is 15.6. The molecule has 2 aromatic heterocycles. The number of pyridine rings is 2. The molecule has 0 spiro atoms. The van der Waals surface area contributed by atoms with Gasteiger partial charge in [0.15, 0.2) is 5.60 Å². The molecule has 2 aliphatic carbocycles. The zero-order valence-electron chi connectivity index (χ0n) is 44.9. The molecule has 9 rings (SSSR count). The zero-order chi connectivity index (χ0) is 58.6. The summed E-state index contributed by atoms with van der Waals surface area (Å²) in [5.41, 5.74) is 0.994. The Morgan fingerprint density at radius 1 is 0.866 bits per heavy atom. The van der Waals surface area contributed by atoms with Crippen LogP contribution in [-0.2, 0) is 89.0 Å². The molecule has 5 heterocycles. The van der Waals surface area contributed by atoms with Gasteiger partial charge in [-0.25, -0.2) is 14.2 Å². The molecular formula is C56H61FN10O15. The number of carbonyl (C=O) groups excluding carboxylic acids is 9. The average Bonchev–Trinajstić information content (AvgIpc) is 4.28. The van der Waals surface area contributed by atoms with Crippen molar-refractivity contribution in [1.29, 1.82) is 0 Å².